The van der Waals surface area contributed by atoms with Gasteiger partial charge in [-0.05, 0) is 73.2 Å². The summed E-state index contributed by atoms with van der Waals surface area (Å²) in [5, 5.41) is 13.3. The van der Waals surface area contributed by atoms with Gasteiger partial charge in [-0.25, -0.2) is 5.43 Å². The number of rotatable bonds is 10. The lowest BCUT2D eigenvalue weighted by Gasteiger charge is -2.11. The Kier molecular flexibility index (Phi) is 8.08. The van der Waals surface area contributed by atoms with Crippen molar-refractivity contribution in [3.63, 3.8) is 0 Å². The van der Waals surface area contributed by atoms with Gasteiger partial charge in [-0.1, -0.05) is 11.8 Å². The summed E-state index contributed by atoms with van der Waals surface area (Å²) < 4.78 is 12.6. The molecule has 178 valence electrons. The molecule has 1 amide bonds. The van der Waals surface area contributed by atoms with Crippen LogP contribution < -0.4 is 14.9 Å². The van der Waals surface area contributed by atoms with Crippen molar-refractivity contribution >= 4 is 23.9 Å². The van der Waals surface area contributed by atoms with Crippen molar-refractivity contribution in [3.05, 3.63) is 78.6 Å². The first-order valence-corrected chi connectivity index (χ1v) is 11.8. The third-order valence-electron chi connectivity index (χ3n) is 4.81. The summed E-state index contributed by atoms with van der Waals surface area (Å²) >= 11 is 1.27. The van der Waals surface area contributed by atoms with Crippen LogP contribution in [0.15, 0.2) is 83.3 Å². The second kappa shape index (κ2) is 11.8. The Hall–Kier alpha value is -4.18. The lowest BCUT2D eigenvalue weighted by Crippen LogP contribution is -2.20. The minimum absolute atomic E-state index is 0.113. The topological polar surface area (TPSA) is 104 Å². The van der Waals surface area contributed by atoms with Gasteiger partial charge in [0.25, 0.3) is 5.91 Å². The number of hydrazone groups is 1. The molecular formula is C25H24N6O3S. The molecule has 9 nitrogen and oxygen atoms in total. The largest absolute Gasteiger partial charge is 0.497 e. The van der Waals surface area contributed by atoms with Gasteiger partial charge in [-0.15, -0.1) is 10.2 Å². The molecule has 0 saturated carbocycles. The van der Waals surface area contributed by atoms with E-state index in [1.54, 1.807) is 25.7 Å². The van der Waals surface area contributed by atoms with Crippen molar-refractivity contribution in [2.45, 2.75) is 12.1 Å². The normalized spacial score (nSPS) is 10.9. The molecule has 0 bridgehead atoms. The molecule has 0 saturated heterocycles. The lowest BCUT2D eigenvalue weighted by molar-refractivity contribution is -0.118. The van der Waals surface area contributed by atoms with Crippen LogP contribution >= 0.6 is 11.8 Å². The summed E-state index contributed by atoms with van der Waals surface area (Å²) in [6, 6.07) is 18.7. The van der Waals surface area contributed by atoms with Gasteiger partial charge in [0.1, 0.15) is 11.5 Å². The fourth-order valence-corrected chi connectivity index (χ4v) is 3.91. The van der Waals surface area contributed by atoms with Gasteiger partial charge in [0.05, 0.1) is 25.7 Å². The summed E-state index contributed by atoms with van der Waals surface area (Å²) in [5.41, 5.74) is 5.05. The fourth-order valence-electron chi connectivity index (χ4n) is 3.17. The summed E-state index contributed by atoms with van der Waals surface area (Å²) in [4.78, 5) is 16.6. The number of nitrogens with one attached hydrogen (secondary N) is 1. The quantitative estimate of drug-likeness (QED) is 0.205. The first-order chi connectivity index (χ1) is 17.2. The number of ether oxygens (including phenoxy) is 2. The predicted molar refractivity (Wildman–Crippen MR) is 135 cm³/mol. The molecule has 2 aromatic carbocycles. The molecule has 0 aliphatic carbocycles. The molecule has 1 N–H and O–H groups in total. The van der Waals surface area contributed by atoms with Crippen molar-refractivity contribution in [2.75, 3.05) is 19.5 Å². The molecular weight excluding hydrogens is 464 g/mol. The van der Waals surface area contributed by atoms with Crippen molar-refractivity contribution in [1.29, 1.82) is 0 Å². The summed E-state index contributed by atoms with van der Waals surface area (Å²) in [7, 11) is 1.61. The van der Waals surface area contributed by atoms with Crippen LogP contribution in [0, 0.1) is 0 Å². The summed E-state index contributed by atoms with van der Waals surface area (Å²) in [6.07, 6.45) is 5.00. The van der Waals surface area contributed by atoms with E-state index in [4.69, 9.17) is 9.47 Å². The van der Waals surface area contributed by atoms with E-state index in [-0.39, 0.29) is 11.7 Å². The Bertz CT molecular complexity index is 1280. The molecule has 0 radical (unpaired) electrons. The van der Waals surface area contributed by atoms with Gasteiger partial charge >= 0.3 is 0 Å². The number of carbonyl (C=O) groups excluding carboxylic acids is 1. The van der Waals surface area contributed by atoms with E-state index in [9.17, 15) is 4.79 Å². The van der Waals surface area contributed by atoms with Crippen molar-refractivity contribution < 1.29 is 14.3 Å². The van der Waals surface area contributed by atoms with Crippen LogP contribution in [0.25, 0.3) is 17.1 Å². The number of hydrogen-bond acceptors (Lipinski definition) is 8. The van der Waals surface area contributed by atoms with Crippen LogP contribution in [-0.2, 0) is 4.79 Å². The lowest BCUT2D eigenvalue weighted by atomic mass is 10.2. The maximum atomic E-state index is 12.4. The Morgan fingerprint density at radius 1 is 1.09 bits per heavy atom. The SMILES string of the molecule is CCOc1ccc(-n2c(SCC(=O)N/N=C\c3ccc(OC)cc3)nnc2-c2cccnc2)cc1. The molecule has 0 spiro atoms. The minimum atomic E-state index is -0.260. The highest BCUT2D eigenvalue weighted by molar-refractivity contribution is 7.99. The maximum absolute atomic E-state index is 12.4. The maximum Gasteiger partial charge on any atom is 0.250 e. The van der Waals surface area contributed by atoms with Gasteiger partial charge in [0, 0.05) is 23.6 Å². The number of aromatic nitrogens is 4. The highest BCUT2D eigenvalue weighted by atomic mass is 32.2. The number of amides is 1. The number of pyridine rings is 1. The molecule has 0 aliphatic rings. The Balaban J connectivity index is 1.48. The molecule has 0 aliphatic heterocycles. The monoisotopic (exact) mass is 488 g/mol. The Morgan fingerprint density at radius 3 is 2.54 bits per heavy atom. The van der Waals surface area contributed by atoms with E-state index in [1.807, 2.05) is 72.2 Å². The van der Waals surface area contributed by atoms with Crippen LogP contribution in [0.1, 0.15) is 12.5 Å². The van der Waals surface area contributed by atoms with E-state index < -0.39 is 0 Å². The van der Waals surface area contributed by atoms with Gasteiger partial charge in [0.2, 0.25) is 0 Å². The molecule has 10 heteroatoms. The molecule has 35 heavy (non-hydrogen) atoms. The zero-order valence-corrected chi connectivity index (χ0v) is 20.1. The second-order valence-corrected chi connectivity index (χ2v) is 8.11. The van der Waals surface area contributed by atoms with E-state index in [0.29, 0.717) is 17.6 Å². The molecule has 0 atom stereocenters. The average molecular weight is 489 g/mol. The van der Waals surface area contributed by atoms with Crippen molar-refractivity contribution in [1.82, 2.24) is 25.2 Å². The molecule has 4 rings (SSSR count). The molecule has 2 aromatic heterocycles. The zero-order valence-electron chi connectivity index (χ0n) is 19.3. The number of carbonyl (C=O) groups is 1. The molecule has 0 unspecified atom stereocenters. The minimum Gasteiger partial charge on any atom is -0.497 e. The Morgan fingerprint density at radius 2 is 1.86 bits per heavy atom. The van der Waals surface area contributed by atoms with Crippen molar-refractivity contribution in [3.8, 4) is 28.6 Å². The summed E-state index contributed by atoms with van der Waals surface area (Å²) in [6.45, 7) is 2.53. The summed E-state index contributed by atoms with van der Waals surface area (Å²) in [5.74, 6) is 2.01. The average Bonchev–Trinajstić information content (AvgIpc) is 3.33. The van der Waals surface area contributed by atoms with Crippen LogP contribution in [0.5, 0.6) is 11.5 Å². The number of nitrogens with zero attached hydrogens (tertiary/aromatic N) is 5. The van der Waals surface area contributed by atoms with E-state index >= 15 is 0 Å². The van der Waals surface area contributed by atoms with Crippen LogP contribution in [0.2, 0.25) is 0 Å². The van der Waals surface area contributed by atoms with E-state index in [2.05, 4.69) is 25.7 Å². The number of hydrogen-bond donors (Lipinski definition) is 1. The fraction of sp³-hybridized carbons (Fsp3) is 0.160. The van der Waals surface area contributed by atoms with Gasteiger partial charge in [0.15, 0.2) is 11.0 Å². The third-order valence-corrected chi connectivity index (χ3v) is 5.74. The first-order valence-electron chi connectivity index (χ1n) is 10.9. The highest BCUT2D eigenvalue weighted by Gasteiger charge is 2.17. The van der Waals surface area contributed by atoms with Crippen LogP contribution in [-0.4, -0.2) is 51.3 Å². The molecule has 4 aromatic rings. The Labute approximate surface area is 207 Å². The van der Waals surface area contributed by atoms with Gasteiger partial charge in [-0.3, -0.25) is 14.3 Å². The smallest absolute Gasteiger partial charge is 0.250 e. The highest BCUT2D eigenvalue weighted by Crippen LogP contribution is 2.28. The van der Waals surface area contributed by atoms with Gasteiger partial charge < -0.3 is 9.47 Å². The molecule has 2 heterocycles. The standard InChI is InChI=1S/C25H24N6O3S/c1-3-34-22-12-8-20(9-13-22)31-24(19-5-4-14-26-16-19)29-30-25(31)35-17-23(32)28-27-15-18-6-10-21(33-2)11-7-18/h4-16H,3,17H2,1-2H3,(H,28,32)/b27-15-. The van der Waals surface area contributed by atoms with Gasteiger partial charge in [-0.2, -0.15) is 5.10 Å². The number of benzene rings is 2. The predicted octanol–water partition coefficient (Wildman–Crippen LogP) is 3.98. The molecule has 0 fully saturated rings. The van der Waals surface area contributed by atoms with E-state index in [1.165, 1.54) is 11.8 Å². The zero-order chi connectivity index (χ0) is 24.5. The van der Waals surface area contributed by atoms with Crippen molar-refractivity contribution in [2.24, 2.45) is 5.10 Å². The third kappa shape index (κ3) is 6.24. The first kappa shape index (κ1) is 24.0. The van der Waals surface area contributed by atoms with Crippen LogP contribution in [0.3, 0.4) is 0 Å². The van der Waals surface area contributed by atoms with E-state index in [0.717, 1.165) is 28.3 Å². The number of methoxy groups -OCH3 is 1. The second-order valence-electron chi connectivity index (χ2n) is 7.17. The number of thioether (sulfide) groups is 1. The van der Waals surface area contributed by atoms with Crippen LogP contribution in [0.4, 0.5) is 0 Å².